The fourth-order valence-corrected chi connectivity index (χ4v) is 3.20. The average Bonchev–Trinajstić information content (AvgIpc) is 3.04. The summed E-state index contributed by atoms with van der Waals surface area (Å²) in [5, 5.41) is 4.37. The highest BCUT2D eigenvalue weighted by Gasteiger charge is 2.25. The van der Waals surface area contributed by atoms with Gasteiger partial charge in [-0.3, -0.25) is 4.79 Å². The molecule has 1 saturated heterocycles. The Bertz CT molecular complexity index is 620. The molecule has 22 heavy (non-hydrogen) atoms. The molecular formula is C18H23N3O. The first-order valence-corrected chi connectivity index (χ1v) is 8.16. The Morgan fingerprint density at radius 2 is 2.09 bits per heavy atom. The minimum Gasteiger partial charge on any atom is -0.339 e. The van der Waals surface area contributed by atoms with Gasteiger partial charge < -0.3 is 4.90 Å². The van der Waals surface area contributed by atoms with Crippen LogP contribution in [-0.4, -0.2) is 33.2 Å². The van der Waals surface area contributed by atoms with Gasteiger partial charge in [0.25, 0.3) is 0 Å². The number of amides is 1. The Morgan fingerprint density at radius 1 is 1.27 bits per heavy atom. The zero-order valence-corrected chi connectivity index (χ0v) is 13.1. The lowest BCUT2D eigenvalue weighted by Gasteiger charge is -2.35. The normalized spacial score (nSPS) is 18.4. The summed E-state index contributed by atoms with van der Waals surface area (Å²) in [6.45, 7) is 3.08. The Hall–Kier alpha value is -2.10. The molecule has 1 aliphatic heterocycles. The van der Waals surface area contributed by atoms with Gasteiger partial charge in [0.1, 0.15) is 0 Å². The number of nitrogens with zero attached hydrogens (tertiary/aromatic N) is 3. The zero-order chi connectivity index (χ0) is 15.4. The van der Waals surface area contributed by atoms with Gasteiger partial charge >= 0.3 is 0 Å². The molecule has 3 rings (SSSR count). The van der Waals surface area contributed by atoms with E-state index < -0.39 is 0 Å². The van der Waals surface area contributed by atoms with Crippen molar-refractivity contribution in [3.63, 3.8) is 0 Å². The number of likely N-dealkylation sites (tertiary alicyclic amines) is 1. The Balaban J connectivity index is 1.68. The van der Waals surface area contributed by atoms with Crippen molar-refractivity contribution in [3.05, 3.63) is 48.3 Å². The summed E-state index contributed by atoms with van der Waals surface area (Å²) in [6, 6.07) is 10.4. The van der Waals surface area contributed by atoms with Gasteiger partial charge in [-0.2, -0.15) is 5.10 Å². The van der Waals surface area contributed by atoms with Crippen LogP contribution in [0.15, 0.2) is 42.7 Å². The molecule has 4 heteroatoms. The molecule has 0 radical (unpaired) electrons. The fourth-order valence-electron chi connectivity index (χ4n) is 3.20. The number of benzene rings is 1. The molecule has 0 aliphatic carbocycles. The van der Waals surface area contributed by atoms with E-state index in [9.17, 15) is 4.79 Å². The maximum Gasteiger partial charge on any atom is 0.227 e. The molecule has 1 atom stereocenters. The molecule has 1 aromatic heterocycles. The monoisotopic (exact) mass is 297 g/mol. The van der Waals surface area contributed by atoms with Crippen molar-refractivity contribution in [2.24, 2.45) is 0 Å². The summed E-state index contributed by atoms with van der Waals surface area (Å²) in [4.78, 5) is 14.6. The number of rotatable bonds is 4. The summed E-state index contributed by atoms with van der Waals surface area (Å²) in [7, 11) is 0. The second-order valence-corrected chi connectivity index (χ2v) is 5.95. The van der Waals surface area contributed by atoms with Crippen LogP contribution in [0.3, 0.4) is 0 Å². The number of carbonyl (C=O) groups is 1. The third-order valence-electron chi connectivity index (χ3n) is 4.43. The van der Waals surface area contributed by atoms with Crippen molar-refractivity contribution in [3.8, 4) is 5.69 Å². The summed E-state index contributed by atoms with van der Waals surface area (Å²) in [5.41, 5.74) is 2.00. The standard InChI is InChI=1S/C18H23N3O/c1-2-16-8-6-7-11-20(16)18(22)12-15-13-19-21(14-15)17-9-4-3-5-10-17/h3-5,9-10,13-14,16H,2,6-8,11-12H2,1H3. The average molecular weight is 297 g/mol. The van der Waals surface area contributed by atoms with Gasteiger partial charge in [-0.1, -0.05) is 25.1 Å². The van der Waals surface area contributed by atoms with Crippen LogP contribution in [-0.2, 0) is 11.2 Å². The molecule has 1 amide bonds. The van der Waals surface area contributed by atoms with Crippen LogP contribution in [0.25, 0.3) is 5.69 Å². The number of hydrogen-bond donors (Lipinski definition) is 0. The highest BCUT2D eigenvalue weighted by Crippen LogP contribution is 2.20. The first kappa shape index (κ1) is 14.8. The molecule has 0 bridgehead atoms. The van der Waals surface area contributed by atoms with Gasteiger partial charge in [0, 0.05) is 18.8 Å². The number of aromatic nitrogens is 2. The van der Waals surface area contributed by atoms with Crippen molar-refractivity contribution in [2.75, 3.05) is 6.54 Å². The first-order chi connectivity index (χ1) is 10.8. The molecule has 116 valence electrons. The minimum atomic E-state index is 0.235. The van der Waals surface area contributed by atoms with Crippen LogP contribution in [0.2, 0.25) is 0 Å². The maximum atomic E-state index is 12.6. The summed E-state index contributed by atoms with van der Waals surface area (Å²) in [6.07, 6.45) is 8.78. The smallest absolute Gasteiger partial charge is 0.227 e. The Morgan fingerprint density at radius 3 is 2.86 bits per heavy atom. The van der Waals surface area contributed by atoms with E-state index in [0.717, 1.165) is 37.1 Å². The first-order valence-electron chi connectivity index (χ1n) is 8.16. The van der Waals surface area contributed by atoms with Crippen LogP contribution in [0.1, 0.15) is 38.2 Å². The molecule has 1 aliphatic rings. The number of carbonyl (C=O) groups excluding carboxylic acids is 1. The highest BCUT2D eigenvalue weighted by molar-refractivity contribution is 5.79. The van der Waals surface area contributed by atoms with E-state index in [4.69, 9.17) is 0 Å². The molecule has 1 fully saturated rings. The van der Waals surface area contributed by atoms with E-state index >= 15 is 0 Å². The second kappa shape index (κ2) is 6.77. The summed E-state index contributed by atoms with van der Waals surface area (Å²) in [5.74, 6) is 0.235. The van der Waals surface area contributed by atoms with Crippen molar-refractivity contribution < 1.29 is 4.79 Å². The van der Waals surface area contributed by atoms with E-state index in [1.54, 1.807) is 6.20 Å². The van der Waals surface area contributed by atoms with Gasteiger partial charge in [0.05, 0.1) is 18.3 Å². The van der Waals surface area contributed by atoms with Crippen LogP contribution < -0.4 is 0 Å². The molecule has 0 N–H and O–H groups in total. The van der Waals surface area contributed by atoms with Crippen LogP contribution in [0.4, 0.5) is 0 Å². The molecule has 2 heterocycles. The lowest BCUT2D eigenvalue weighted by molar-refractivity contribution is -0.134. The maximum absolute atomic E-state index is 12.6. The van der Waals surface area contributed by atoms with Gasteiger partial charge in [-0.15, -0.1) is 0 Å². The van der Waals surface area contributed by atoms with Crippen molar-refractivity contribution in [1.29, 1.82) is 0 Å². The van der Waals surface area contributed by atoms with Gasteiger partial charge in [-0.05, 0) is 43.4 Å². The van der Waals surface area contributed by atoms with Crippen LogP contribution in [0, 0.1) is 0 Å². The predicted octanol–water partition coefficient (Wildman–Crippen LogP) is 3.21. The van der Waals surface area contributed by atoms with E-state index in [1.807, 2.05) is 41.2 Å². The molecule has 1 aromatic carbocycles. The minimum absolute atomic E-state index is 0.235. The summed E-state index contributed by atoms with van der Waals surface area (Å²) >= 11 is 0. The van der Waals surface area contributed by atoms with Gasteiger partial charge in [0.2, 0.25) is 5.91 Å². The molecule has 2 aromatic rings. The lowest BCUT2D eigenvalue weighted by Crippen LogP contribution is -2.44. The van der Waals surface area contributed by atoms with Crippen molar-refractivity contribution in [2.45, 2.75) is 45.1 Å². The Labute approximate surface area is 131 Å². The van der Waals surface area contributed by atoms with Crippen molar-refractivity contribution >= 4 is 5.91 Å². The highest BCUT2D eigenvalue weighted by atomic mass is 16.2. The molecular weight excluding hydrogens is 274 g/mol. The van der Waals surface area contributed by atoms with E-state index in [1.165, 1.54) is 6.42 Å². The second-order valence-electron chi connectivity index (χ2n) is 5.95. The Kier molecular flexibility index (Phi) is 4.56. The van der Waals surface area contributed by atoms with E-state index in [0.29, 0.717) is 12.5 Å². The fraction of sp³-hybridized carbons (Fsp3) is 0.444. The quantitative estimate of drug-likeness (QED) is 0.869. The third kappa shape index (κ3) is 3.21. The third-order valence-corrected chi connectivity index (χ3v) is 4.43. The molecule has 0 saturated carbocycles. The van der Waals surface area contributed by atoms with Gasteiger partial charge in [-0.25, -0.2) is 4.68 Å². The number of hydrogen-bond acceptors (Lipinski definition) is 2. The summed E-state index contributed by atoms with van der Waals surface area (Å²) < 4.78 is 1.83. The number of piperidine rings is 1. The predicted molar refractivity (Wildman–Crippen MR) is 86.9 cm³/mol. The molecule has 1 unspecified atom stereocenters. The van der Waals surface area contributed by atoms with Gasteiger partial charge in [0.15, 0.2) is 0 Å². The molecule has 0 spiro atoms. The SMILES string of the molecule is CCC1CCCCN1C(=O)Cc1cnn(-c2ccccc2)c1. The van der Waals surface area contributed by atoms with Crippen molar-refractivity contribution in [1.82, 2.24) is 14.7 Å². The number of para-hydroxylation sites is 1. The van der Waals surface area contributed by atoms with Crippen LogP contribution in [0.5, 0.6) is 0 Å². The largest absolute Gasteiger partial charge is 0.339 e. The van der Waals surface area contributed by atoms with E-state index in [2.05, 4.69) is 16.9 Å². The lowest BCUT2D eigenvalue weighted by atomic mass is 9.99. The van der Waals surface area contributed by atoms with E-state index in [-0.39, 0.29) is 5.91 Å². The van der Waals surface area contributed by atoms with Crippen LogP contribution >= 0.6 is 0 Å². The molecule has 4 nitrogen and oxygen atoms in total. The topological polar surface area (TPSA) is 38.1 Å². The zero-order valence-electron chi connectivity index (χ0n) is 13.1.